The zero-order chi connectivity index (χ0) is 21.5. The first-order chi connectivity index (χ1) is 14.5. The third kappa shape index (κ3) is 5.78. The number of anilines is 1. The first-order valence-electron chi connectivity index (χ1n) is 10.9. The van der Waals surface area contributed by atoms with E-state index in [1.165, 1.54) is 11.1 Å². The first-order valence-corrected chi connectivity index (χ1v) is 10.9. The summed E-state index contributed by atoms with van der Waals surface area (Å²) < 4.78 is 0. The van der Waals surface area contributed by atoms with E-state index in [0.29, 0.717) is 19.4 Å². The Morgan fingerprint density at radius 2 is 1.67 bits per heavy atom. The molecule has 1 aliphatic heterocycles. The lowest BCUT2D eigenvalue weighted by molar-refractivity contribution is -0.133. The molecule has 0 aromatic carbocycles. The van der Waals surface area contributed by atoms with Gasteiger partial charge >= 0.3 is 0 Å². The van der Waals surface area contributed by atoms with Gasteiger partial charge in [0.25, 0.3) is 0 Å². The smallest absolute Gasteiger partial charge is 0.225 e. The Balaban J connectivity index is 1.33. The van der Waals surface area contributed by atoms with Crippen molar-refractivity contribution < 1.29 is 9.59 Å². The molecule has 0 radical (unpaired) electrons. The molecule has 3 rings (SSSR count). The van der Waals surface area contributed by atoms with Crippen LogP contribution in [0.5, 0.6) is 0 Å². The molecule has 1 fully saturated rings. The summed E-state index contributed by atoms with van der Waals surface area (Å²) in [5, 5.41) is 3.03. The van der Waals surface area contributed by atoms with Crippen molar-refractivity contribution >= 4 is 17.8 Å². The summed E-state index contributed by atoms with van der Waals surface area (Å²) in [4.78, 5) is 37.7. The number of piperazine rings is 1. The highest BCUT2D eigenvalue weighted by molar-refractivity contribution is 5.87. The normalized spacial score (nSPS) is 22.8. The van der Waals surface area contributed by atoms with Gasteiger partial charge in [0.05, 0.1) is 11.8 Å². The third-order valence-corrected chi connectivity index (χ3v) is 6.38. The maximum atomic E-state index is 12.6. The maximum Gasteiger partial charge on any atom is 0.225 e. The summed E-state index contributed by atoms with van der Waals surface area (Å²) in [6.45, 7) is 9.58. The van der Waals surface area contributed by atoms with Crippen LogP contribution in [0.15, 0.2) is 29.6 Å². The molecule has 2 heterocycles. The number of primary amides is 1. The molecule has 2 aliphatic rings. The van der Waals surface area contributed by atoms with Gasteiger partial charge in [0, 0.05) is 45.1 Å². The lowest BCUT2D eigenvalue weighted by Crippen LogP contribution is -2.47. The Hall–Kier alpha value is -2.48. The second kappa shape index (κ2) is 10.5. The minimum atomic E-state index is -0.390. The Kier molecular flexibility index (Phi) is 7.79. The number of rotatable bonds is 8. The number of carbonyl (C=O) groups is 2. The number of allylic oxidation sites excluding steroid dienone is 2. The van der Waals surface area contributed by atoms with Crippen LogP contribution in [0.25, 0.3) is 0 Å². The largest absolute Gasteiger partial charge is 0.369 e. The topological polar surface area (TPSA) is 104 Å². The van der Waals surface area contributed by atoms with Crippen molar-refractivity contribution in [2.75, 3.05) is 44.2 Å². The molecule has 1 aliphatic carbocycles. The van der Waals surface area contributed by atoms with E-state index in [0.717, 1.165) is 51.5 Å². The van der Waals surface area contributed by atoms with E-state index in [1.54, 1.807) is 12.4 Å². The van der Waals surface area contributed by atoms with Crippen LogP contribution in [-0.4, -0.2) is 66.0 Å². The van der Waals surface area contributed by atoms with E-state index in [1.807, 2.05) is 19.9 Å². The highest BCUT2D eigenvalue weighted by atomic mass is 16.2. The van der Waals surface area contributed by atoms with Gasteiger partial charge in [-0.15, -0.1) is 0 Å². The molecule has 2 atom stereocenters. The van der Waals surface area contributed by atoms with Crippen LogP contribution in [0.1, 0.15) is 39.5 Å². The summed E-state index contributed by atoms with van der Waals surface area (Å²) in [7, 11) is 0. The van der Waals surface area contributed by atoms with Crippen molar-refractivity contribution in [3.05, 3.63) is 29.6 Å². The van der Waals surface area contributed by atoms with Gasteiger partial charge in [0.2, 0.25) is 17.8 Å². The van der Waals surface area contributed by atoms with E-state index in [-0.39, 0.29) is 17.7 Å². The fourth-order valence-corrected chi connectivity index (χ4v) is 4.30. The molecule has 2 amide bonds. The molecule has 0 saturated carbocycles. The van der Waals surface area contributed by atoms with Gasteiger partial charge in [-0.1, -0.05) is 11.1 Å². The van der Waals surface area contributed by atoms with Crippen molar-refractivity contribution in [2.24, 2.45) is 17.6 Å². The van der Waals surface area contributed by atoms with Gasteiger partial charge in [0.15, 0.2) is 0 Å². The Labute approximate surface area is 178 Å². The molecule has 8 nitrogen and oxygen atoms in total. The molecule has 30 heavy (non-hydrogen) atoms. The van der Waals surface area contributed by atoms with Crippen molar-refractivity contribution in [1.29, 1.82) is 0 Å². The zero-order valence-corrected chi connectivity index (χ0v) is 18.1. The summed E-state index contributed by atoms with van der Waals surface area (Å²) in [6.07, 6.45) is 6.74. The fourth-order valence-electron chi connectivity index (χ4n) is 4.30. The van der Waals surface area contributed by atoms with Crippen LogP contribution < -0.4 is 16.0 Å². The number of hydrogen-bond donors (Lipinski definition) is 2. The van der Waals surface area contributed by atoms with Crippen LogP contribution in [-0.2, 0) is 9.59 Å². The average Bonchev–Trinajstić information content (AvgIpc) is 2.76. The van der Waals surface area contributed by atoms with Crippen LogP contribution in [0.3, 0.4) is 0 Å². The Morgan fingerprint density at radius 1 is 1.03 bits per heavy atom. The quantitative estimate of drug-likeness (QED) is 0.491. The lowest BCUT2D eigenvalue weighted by atomic mass is 9.75. The number of unbranched alkanes of at least 4 members (excludes halogenated alkanes) is 1. The van der Waals surface area contributed by atoms with Crippen LogP contribution in [0.2, 0.25) is 0 Å². The number of carbonyl (C=O) groups excluding carboxylic acids is 2. The summed E-state index contributed by atoms with van der Waals surface area (Å²) in [5.74, 6) is -0.334. The number of nitrogens with two attached hydrogens (primary N) is 1. The predicted octanol–water partition coefficient (Wildman–Crippen LogP) is 1.34. The molecule has 3 N–H and O–H groups in total. The van der Waals surface area contributed by atoms with Gasteiger partial charge < -0.3 is 16.0 Å². The van der Waals surface area contributed by atoms with Crippen LogP contribution >= 0.6 is 0 Å². The maximum absolute atomic E-state index is 12.6. The minimum absolute atomic E-state index is 0.0397. The molecule has 0 bridgehead atoms. The minimum Gasteiger partial charge on any atom is -0.369 e. The lowest BCUT2D eigenvalue weighted by Gasteiger charge is -2.34. The van der Waals surface area contributed by atoms with Crippen LogP contribution in [0.4, 0.5) is 5.95 Å². The van der Waals surface area contributed by atoms with E-state index >= 15 is 0 Å². The second-order valence-corrected chi connectivity index (χ2v) is 8.46. The molecule has 1 aromatic rings. The van der Waals surface area contributed by atoms with Crippen molar-refractivity contribution in [3.63, 3.8) is 0 Å². The third-order valence-electron chi connectivity index (χ3n) is 6.38. The van der Waals surface area contributed by atoms with Crippen molar-refractivity contribution in [3.8, 4) is 0 Å². The second-order valence-electron chi connectivity index (χ2n) is 8.46. The number of aromatic nitrogens is 2. The Bertz CT molecular complexity index is 758. The van der Waals surface area contributed by atoms with E-state index < -0.39 is 5.92 Å². The summed E-state index contributed by atoms with van der Waals surface area (Å²) in [6, 6.07) is 1.83. The van der Waals surface area contributed by atoms with Gasteiger partial charge in [-0.2, -0.15) is 0 Å². The monoisotopic (exact) mass is 414 g/mol. The van der Waals surface area contributed by atoms with E-state index in [9.17, 15) is 9.59 Å². The molecule has 2 unspecified atom stereocenters. The van der Waals surface area contributed by atoms with Crippen molar-refractivity contribution in [2.45, 2.75) is 39.5 Å². The van der Waals surface area contributed by atoms with E-state index in [4.69, 9.17) is 5.73 Å². The van der Waals surface area contributed by atoms with Gasteiger partial charge in [-0.3, -0.25) is 14.5 Å². The van der Waals surface area contributed by atoms with Gasteiger partial charge in [0.1, 0.15) is 0 Å². The highest BCUT2D eigenvalue weighted by Gasteiger charge is 2.35. The fraction of sp³-hybridized carbons (Fsp3) is 0.636. The Morgan fingerprint density at radius 3 is 2.30 bits per heavy atom. The molecular weight excluding hydrogens is 380 g/mol. The molecule has 1 saturated heterocycles. The molecular formula is C22H34N6O2. The standard InChI is InChI=1S/C22H34N6O2/c1-16-14-18(20(23)29)19(15-17(16)2)21(30)24-6-3-4-9-27-10-12-28(13-11-27)22-25-7-5-8-26-22/h5,7-8,18-19H,3-4,6,9-15H2,1-2H3,(H2,23,29)(H,24,30). The predicted molar refractivity (Wildman–Crippen MR) is 117 cm³/mol. The number of hydrogen-bond acceptors (Lipinski definition) is 6. The highest BCUT2D eigenvalue weighted by Crippen LogP contribution is 2.34. The molecule has 164 valence electrons. The SMILES string of the molecule is CC1=C(C)CC(C(=O)NCCCCN2CCN(c3ncccn3)CC2)C(C(N)=O)C1. The zero-order valence-electron chi connectivity index (χ0n) is 18.1. The number of nitrogens with zero attached hydrogens (tertiary/aromatic N) is 4. The number of amides is 2. The summed E-state index contributed by atoms with van der Waals surface area (Å²) >= 11 is 0. The van der Waals surface area contributed by atoms with E-state index in [2.05, 4.69) is 25.1 Å². The number of nitrogens with one attached hydrogen (secondary N) is 1. The molecule has 1 aromatic heterocycles. The molecule has 8 heteroatoms. The van der Waals surface area contributed by atoms with Crippen molar-refractivity contribution in [1.82, 2.24) is 20.2 Å². The van der Waals surface area contributed by atoms with Gasteiger partial charge in [-0.25, -0.2) is 9.97 Å². The van der Waals surface area contributed by atoms with Crippen LogP contribution in [0, 0.1) is 11.8 Å². The average molecular weight is 415 g/mol. The molecule has 0 spiro atoms. The summed E-state index contributed by atoms with van der Waals surface area (Å²) in [5.41, 5.74) is 7.93. The first kappa shape index (κ1) is 22.2. The van der Waals surface area contributed by atoms with Gasteiger partial charge in [-0.05, 0) is 52.1 Å².